The minimum atomic E-state index is -0.739. The van der Waals surface area contributed by atoms with Gasteiger partial charge in [-0.25, -0.2) is 0 Å². The molecule has 0 saturated carbocycles. The molecule has 2 amide bonds. The minimum absolute atomic E-state index is 0.140. The smallest absolute Gasteiger partial charge is 0.254 e. The van der Waals surface area contributed by atoms with Crippen LogP contribution in [0.5, 0.6) is 0 Å². The zero-order valence-corrected chi connectivity index (χ0v) is 21.2. The van der Waals surface area contributed by atoms with Crippen LogP contribution in [0.1, 0.15) is 46.4 Å². The van der Waals surface area contributed by atoms with Crippen molar-refractivity contribution in [2.75, 3.05) is 71.9 Å². The van der Waals surface area contributed by atoms with E-state index in [-0.39, 0.29) is 24.3 Å². The maximum Gasteiger partial charge on any atom is 0.254 e. The first-order valence-corrected chi connectivity index (χ1v) is 12.5. The summed E-state index contributed by atoms with van der Waals surface area (Å²) in [5.41, 5.74) is 1.50. The van der Waals surface area contributed by atoms with Crippen LogP contribution in [0.2, 0.25) is 0 Å². The van der Waals surface area contributed by atoms with Gasteiger partial charge in [0.15, 0.2) is 6.29 Å². The lowest BCUT2D eigenvalue weighted by molar-refractivity contribution is -0.121. The standard InChI is InChI=1S/C26H39N5O4/c1-27-25(34)7-5-23(19-33)29(3)26(35)24-6-4-22(16-21(24)18-32)31-14-12-30(13-15-31)17-20-8-10-28(2)11-9-20/h4,6,16,18-20,23H,5,7-15,17H2,1-3H3,(H,27,34). The molecule has 2 fully saturated rings. The molecular weight excluding hydrogens is 446 g/mol. The normalized spacial score (nSPS) is 18.7. The van der Waals surface area contributed by atoms with Gasteiger partial charge in [0, 0.05) is 64.5 Å². The van der Waals surface area contributed by atoms with Crippen molar-refractivity contribution in [3.05, 3.63) is 29.3 Å². The summed E-state index contributed by atoms with van der Waals surface area (Å²) in [4.78, 5) is 56.5. The van der Waals surface area contributed by atoms with Crippen LogP contribution < -0.4 is 10.2 Å². The Morgan fingerprint density at radius 3 is 2.40 bits per heavy atom. The van der Waals surface area contributed by atoms with E-state index in [0.29, 0.717) is 18.1 Å². The molecule has 2 aliphatic rings. The average molecular weight is 486 g/mol. The van der Waals surface area contributed by atoms with Crippen LogP contribution in [-0.2, 0) is 9.59 Å². The number of nitrogens with one attached hydrogen (secondary N) is 1. The van der Waals surface area contributed by atoms with Gasteiger partial charge < -0.3 is 24.8 Å². The molecule has 1 aromatic carbocycles. The second kappa shape index (κ2) is 12.8. The van der Waals surface area contributed by atoms with Gasteiger partial charge in [0.2, 0.25) is 5.91 Å². The number of likely N-dealkylation sites (N-methyl/N-ethyl adjacent to an activating group) is 1. The number of piperazine rings is 1. The predicted octanol–water partition coefficient (Wildman–Crippen LogP) is 1.13. The summed E-state index contributed by atoms with van der Waals surface area (Å²) in [7, 11) is 5.24. The minimum Gasteiger partial charge on any atom is -0.369 e. The van der Waals surface area contributed by atoms with Crippen LogP contribution >= 0.6 is 0 Å². The molecular formula is C26H39N5O4. The highest BCUT2D eigenvalue weighted by Gasteiger charge is 2.26. The Morgan fingerprint density at radius 1 is 1.11 bits per heavy atom. The van der Waals surface area contributed by atoms with E-state index in [9.17, 15) is 19.2 Å². The first kappa shape index (κ1) is 26.8. The van der Waals surface area contributed by atoms with Crippen molar-refractivity contribution in [1.29, 1.82) is 0 Å². The van der Waals surface area contributed by atoms with Gasteiger partial charge in [-0.3, -0.25) is 19.3 Å². The number of nitrogens with zero attached hydrogens (tertiary/aromatic N) is 4. The molecule has 1 aromatic rings. The highest BCUT2D eigenvalue weighted by molar-refractivity contribution is 6.02. The lowest BCUT2D eigenvalue weighted by atomic mass is 9.96. The molecule has 1 atom stereocenters. The Kier molecular flexibility index (Phi) is 9.80. The Hall–Kier alpha value is -2.78. The first-order valence-electron chi connectivity index (χ1n) is 12.5. The third kappa shape index (κ3) is 7.11. The molecule has 192 valence electrons. The fraction of sp³-hybridized carbons (Fsp3) is 0.615. The fourth-order valence-electron chi connectivity index (χ4n) is 4.94. The number of likely N-dealkylation sites (tertiary alicyclic amines) is 1. The number of hydrogen-bond acceptors (Lipinski definition) is 7. The SMILES string of the molecule is CNC(=O)CCC(C=O)N(C)C(=O)c1ccc(N2CCN(CC3CCN(C)CC3)CC2)cc1C=O. The predicted molar refractivity (Wildman–Crippen MR) is 136 cm³/mol. The zero-order valence-electron chi connectivity index (χ0n) is 21.2. The second-order valence-electron chi connectivity index (χ2n) is 9.76. The maximum atomic E-state index is 13.1. The van der Waals surface area contributed by atoms with Gasteiger partial charge >= 0.3 is 0 Å². The number of carbonyl (C=O) groups is 4. The van der Waals surface area contributed by atoms with Crippen LogP contribution in [0.3, 0.4) is 0 Å². The van der Waals surface area contributed by atoms with Gasteiger partial charge in [0.05, 0.1) is 11.6 Å². The van der Waals surface area contributed by atoms with E-state index in [1.807, 2.05) is 6.07 Å². The van der Waals surface area contributed by atoms with Gasteiger partial charge in [0.25, 0.3) is 5.91 Å². The van der Waals surface area contributed by atoms with Crippen molar-refractivity contribution in [2.24, 2.45) is 5.92 Å². The molecule has 0 spiro atoms. The number of hydrogen-bond donors (Lipinski definition) is 1. The van der Waals surface area contributed by atoms with Gasteiger partial charge in [-0.2, -0.15) is 0 Å². The quantitative estimate of drug-likeness (QED) is 0.497. The topological polar surface area (TPSA) is 93.3 Å². The van der Waals surface area contributed by atoms with Crippen molar-refractivity contribution < 1.29 is 19.2 Å². The molecule has 9 heteroatoms. The molecule has 2 saturated heterocycles. The molecule has 2 heterocycles. The molecule has 0 bridgehead atoms. The van der Waals surface area contributed by atoms with Crippen LogP contribution in [0.25, 0.3) is 0 Å². The molecule has 35 heavy (non-hydrogen) atoms. The van der Waals surface area contributed by atoms with Gasteiger partial charge in [0.1, 0.15) is 6.29 Å². The summed E-state index contributed by atoms with van der Waals surface area (Å²) in [6, 6.07) is 4.57. The first-order chi connectivity index (χ1) is 16.9. The van der Waals surface area contributed by atoms with Crippen molar-refractivity contribution in [3.8, 4) is 0 Å². The number of aldehydes is 2. The van der Waals surface area contributed by atoms with Crippen LogP contribution in [-0.4, -0.2) is 112 Å². The van der Waals surface area contributed by atoms with Crippen LogP contribution in [0, 0.1) is 5.92 Å². The molecule has 0 aromatic heterocycles. The zero-order chi connectivity index (χ0) is 25.4. The number of benzene rings is 1. The molecule has 0 aliphatic carbocycles. The summed E-state index contributed by atoms with van der Waals surface area (Å²) < 4.78 is 0. The highest BCUT2D eigenvalue weighted by Crippen LogP contribution is 2.23. The summed E-state index contributed by atoms with van der Waals surface area (Å²) in [6.45, 7) is 7.24. The highest BCUT2D eigenvalue weighted by atomic mass is 16.2. The van der Waals surface area contributed by atoms with E-state index in [1.165, 1.54) is 44.9 Å². The molecule has 9 nitrogen and oxygen atoms in total. The lowest BCUT2D eigenvalue weighted by Gasteiger charge is -2.39. The Labute approximate surface area is 208 Å². The maximum absolute atomic E-state index is 13.1. The average Bonchev–Trinajstić information content (AvgIpc) is 2.89. The largest absolute Gasteiger partial charge is 0.369 e. The van der Waals surface area contributed by atoms with Crippen LogP contribution in [0.15, 0.2) is 18.2 Å². The van der Waals surface area contributed by atoms with E-state index in [4.69, 9.17) is 0 Å². The number of piperidine rings is 1. The number of rotatable bonds is 10. The molecule has 1 unspecified atom stereocenters. The van der Waals surface area contributed by atoms with Gasteiger partial charge in [-0.15, -0.1) is 0 Å². The fourth-order valence-corrected chi connectivity index (χ4v) is 4.94. The molecule has 2 aliphatic heterocycles. The van der Waals surface area contributed by atoms with Crippen molar-refractivity contribution in [2.45, 2.75) is 31.7 Å². The summed E-state index contributed by atoms with van der Waals surface area (Å²) in [5.74, 6) is 0.172. The van der Waals surface area contributed by atoms with Crippen molar-refractivity contribution in [3.63, 3.8) is 0 Å². The van der Waals surface area contributed by atoms with Crippen molar-refractivity contribution >= 4 is 30.1 Å². The molecule has 3 rings (SSSR count). The van der Waals surface area contributed by atoms with E-state index >= 15 is 0 Å². The summed E-state index contributed by atoms with van der Waals surface area (Å²) >= 11 is 0. The lowest BCUT2D eigenvalue weighted by Crippen LogP contribution is -2.48. The van der Waals surface area contributed by atoms with E-state index in [1.54, 1.807) is 12.1 Å². The van der Waals surface area contributed by atoms with Gasteiger partial charge in [-0.05, 0) is 63.5 Å². The molecule has 0 radical (unpaired) electrons. The Morgan fingerprint density at radius 2 is 1.80 bits per heavy atom. The van der Waals surface area contributed by atoms with Gasteiger partial charge in [-0.1, -0.05) is 0 Å². The number of anilines is 1. The monoisotopic (exact) mass is 485 g/mol. The van der Waals surface area contributed by atoms with Crippen LogP contribution in [0.4, 0.5) is 5.69 Å². The Bertz CT molecular complexity index is 892. The van der Waals surface area contributed by atoms with E-state index in [2.05, 4.69) is 27.1 Å². The third-order valence-corrected chi connectivity index (χ3v) is 7.41. The summed E-state index contributed by atoms with van der Waals surface area (Å²) in [6.07, 6.45) is 4.25. The number of amides is 2. The summed E-state index contributed by atoms with van der Waals surface area (Å²) in [5, 5.41) is 2.51. The van der Waals surface area contributed by atoms with Crippen molar-refractivity contribution in [1.82, 2.24) is 20.0 Å². The third-order valence-electron chi connectivity index (χ3n) is 7.41. The Balaban J connectivity index is 1.59. The number of carbonyl (C=O) groups excluding carboxylic acids is 4. The second-order valence-corrected chi connectivity index (χ2v) is 9.76. The van der Waals surface area contributed by atoms with E-state index in [0.717, 1.165) is 44.3 Å². The molecule has 1 N–H and O–H groups in total. The van der Waals surface area contributed by atoms with E-state index < -0.39 is 11.9 Å².